The molecule has 0 unspecified atom stereocenters. The molecule has 228 valence electrons. The lowest BCUT2D eigenvalue weighted by Crippen LogP contribution is -2.41. The van der Waals surface area contributed by atoms with E-state index < -0.39 is 39.1 Å². The van der Waals surface area contributed by atoms with Crippen LogP contribution in [-0.4, -0.2) is 55.1 Å². The van der Waals surface area contributed by atoms with Gasteiger partial charge in [0.15, 0.2) is 0 Å². The molecule has 12 heteroatoms. The summed E-state index contributed by atoms with van der Waals surface area (Å²) in [5.41, 5.74) is 0.216. The number of hydrogen-bond donors (Lipinski definition) is 2. The van der Waals surface area contributed by atoms with Crippen molar-refractivity contribution in [2.24, 2.45) is 0 Å². The standard InChI is InChI=1S/C32H29FN2O8S/c1-3-5-6-8-21(7-4-2)30(36)34-13-14-35(15-16-44(39,40)41)31(37)24-10-9-23-18-29(42-27(23)19-24)26-17-22-11-12-25(33)20-28(22)43-32(26)38/h3-12,17-20H,1,13-16H2,2H3,(H,34,36)(H,39,40,41)/b6-5-,7-4-,21-8+. The van der Waals surface area contributed by atoms with Gasteiger partial charge in [0.05, 0.1) is 5.75 Å². The summed E-state index contributed by atoms with van der Waals surface area (Å²) in [6.07, 6.45) is 9.76. The van der Waals surface area contributed by atoms with Gasteiger partial charge in [-0.3, -0.25) is 14.1 Å². The van der Waals surface area contributed by atoms with E-state index in [2.05, 4.69) is 11.9 Å². The van der Waals surface area contributed by atoms with Crippen LogP contribution in [0.15, 0.2) is 111 Å². The van der Waals surface area contributed by atoms with Crippen LogP contribution < -0.4 is 10.9 Å². The van der Waals surface area contributed by atoms with Crippen molar-refractivity contribution in [2.45, 2.75) is 6.92 Å². The molecule has 2 N–H and O–H groups in total. The molecule has 0 aliphatic heterocycles. The second-order valence-corrected chi connectivity index (χ2v) is 11.1. The quantitative estimate of drug-likeness (QED) is 0.0970. The molecule has 0 aliphatic carbocycles. The van der Waals surface area contributed by atoms with Crippen LogP contribution in [0.3, 0.4) is 0 Å². The smallest absolute Gasteiger partial charge is 0.347 e. The van der Waals surface area contributed by atoms with Crippen molar-refractivity contribution in [1.29, 1.82) is 0 Å². The topological polar surface area (TPSA) is 147 Å². The molecule has 0 saturated carbocycles. The molecule has 4 aromatic rings. The molecular formula is C32H29FN2O8S. The summed E-state index contributed by atoms with van der Waals surface area (Å²) in [6.45, 7) is 4.92. The molecule has 2 heterocycles. The minimum atomic E-state index is -4.39. The van der Waals surface area contributed by atoms with E-state index >= 15 is 0 Å². The van der Waals surface area contributed by atoms with Crippen LogP contribution in [0, 0.1) is 5.82 Å². The van der Waals surface area contributed by atoms with Crippen LogP contribution in [0.25, 0.3) is 33.3 Å². The highest BCUT2D eigenvalue weighted by atomic mass is 32.2. The molecule has 10 nitrogen and oxygen atoms in total. The van der Waals surface area contributed by atoms with Crippen molar-refractivity contribution in [3.05, 3.63) is 119 Å². The molecule has 0 atom stereocenters. The Bertz CT molecular complexity index is 1990. The molecule has 44 heavy (non-hydrogen) atoms. The molecule has 0 saturated heterocycles. The third kappa shape index (κ3) is 8.06. The number of nitrogens with one attached hydrogen (secondary N) is 1. The Balaban J connectivity index is 1.56. The minimum Gasteiger partial charge on any atom is -0.456 e. The van der Waals surface area contributed by atoms with Crippen LogP contribution in [0.1, 0.15) is 17.3 Å². The average molecular weight is 621 g/mol. The predicted molar refractivity (Wildman–Crippen MR) is 165 cm³/mol. The van der Waals surface area contributed by atoms with E-state index in [4.69, 9.17) is 8.83 Å². The summed E-state index contributed by atoms with van der Waals surface area (Å²) in [4.78, 5) is 39.9. The normalized spacial score (nSPS) is 12.4. The number of hydrogen-bond acceptors (Lipinski definition) is 7. The molecule has 0 aliphatic rings. The Morgan fingerprint density at radius 1 is 1.02 bits per heavy atom. The first-order chi connectivity index (χ1) is 21.0. The fourth-order valence-electron chi connectivity index (χ4n) is 4.31. The Hall–Kier alpha value is -5.07. The van der Waals surface area contributed by atoms with Gasteiger partial charge in [-0.25, -0.2) is 9.18 Å². The summed E-state index contributed by atoms with van der Waals surface area (Å²) in [6, 6.07) is 11.5. The van der Waals surface area contributed by atoms with E-state index in [-0.39, 0.29) is 47.7 Å². The second kappa shape index (κ2) is 13.9. The van der Waals surface area contributed by atoms with E-state index in [1.54, 1.807) is 55.5 Å². The van der Waals surface area contributed by atoms with Gasteiger partial charge in [-0.2, -0.15) is 8.42 Å². The second-order valence-electron chi connectivity index (χ2n) is 9.57. The van der Waals surface area contributed by atoms with Gasteiger partial charge in [-0.05, 0) is 49.4 Å². The molecule has 0 radical (unpaired) electrons. The van der Waals surface area contributed by atoms with E-state index in [9.17, 15) is 31.7 Å². The summed E-state index contributed by atoms with van der Waals surface area (Å²) in [7, 11) is -4.39. The lowest BCUT2D eigenvalue weighted by Gasteiger charge is -2.22. The van der Waals surface area contributed by atoms with Crippen LogP contribution in [0.5, 0.6) is 0 Å². The monoisotopic (exact) mass is 620 g/mol. The van der Waals surface area contributed by atoms with Gasteiger partial charge in [-0.1, -0.05) is 43.0 Å². The Morgan fingerprint density at radius 3 is 2.48 bits per heavy atom. The highest BCUT2D eigenvalue weighted by Gasteiger charge is 2.21. The zero-order chi connectivity index (χ0) is 31.9. The lowest BCUT2D eigenvalue weighted by molar-refractivity contribution is -0.117. The molecule has 2 amide bonds. The summed E-state index contributed by atoms with van der Waals surface area (Å²) < 4.78 is 56.9. The largest absolute Gasteiger partial charge is 0.456 e. The first kappa shape index (κ1) is 31.9. The third-order valence-corrected chi connectivity index (χ3v) is 7.13. The average Bonchev–Trinajstić information content (AvgIpc) is 3.40. The van der Waals surface area contributed by atoms with E-state index in [0.717, 1.165) is 6.07 Å². The highest BCUT2D eigenvalue weighted by molar-refractivity contribution is 7.85. The first-order valence-corrected chi connectivity index (χ1v) is 15.0. The van der Waals surface area contributed by atoms with Gasteiger partial charge < -0.3 is 19.1 Å². The van der Waals surface area contributed by atoms with Gasteiger partial charge in [0.25, 0.3) is 21.9 Å². The number of carbonyl (C=O) groups excluding carboxylic acids is 2. The maximum absolute atomic E-state index is 13.5. The van der Waals surface area contributed by atoms with Crippen molar-refractivity contribution >= 4 is 43.9 Å². The Labute approximate surface area is 252 Å². The first-order valence-electron chi connectivity index (χ1n) is 13.4. The number of fused-ring (bicyclic) bond motifs is 2. The predicted octanol–water partition coefficient (Wildman–Crippen LogP) is 5.04. The fraction of sp³-hybridized carbons (Fsp3) is 0.156. The molecular weight excluding hydrogens is 591 g/mol. The number of benzene rings is 2. The van der Waals surface area contributed by atoms with E-state index in [0.29, 0.717) is 16.3 Å². The summed E-state index contributed by atoms with van der Waals surface area (Å²) >= 11 is 0. The van der Waals surface area contributed by atoms with Crippen molar-refractivity contribution in [2.75, 3.05) is 25.4 Å². The number of allylic oxidation sites excluding steroid dienone is 5. The minimum absolute atomic E-state index is 0.00903. The van der Waals surface area contributed by atoms with Gasteiger partial charge in [-0.15, -0.1) is 0 Å². The Kier molecular flexibility index (Phi) is 10.1. The molecule has 0 bridgehead atoms. The molecule has 0 fully saturated rings. The number of furan rings is 1. The zero-order valence-corrected chi connectivity index (χ0v) is 24.5. The highest BCUT2D eigenvalue weighted by Crippen LogP contribution is 2.29. The van der Waals surface area contributed by atoms with Crippen LogP contribution in [-0.2, 0) is 14.9 Å². The summed E-state index contributed by atoms with van der Waals surface area (Å²) in [5, 5.41) is 3.76. The van der Waals surface area contributed by atoms with Crippen LogP contribution >= 0.6 is 0 Å². The van der Waals surface area contributed by atoms with Crippen molar-refractivity contribution in [3.8, 4) is 11.3 Å². The summed E-state index contributed by atoms with van der Waals surface area (Å²) in [5.74, 6) is -2.07. The van der Waals surface area contributed by atoms with Crippen molar-refractivity contribution in [1.82, 2.24) is 10.2 Å². The zero-order valence-electron chi connectivity index (χ0n) is 23.7. The van der Waals surface area contributed by atoms with E-state index in [1.807, 2.05) is 0 Å². The fourth-order valence-corrected chi connectivity index (χ4v) is 4.76. The van der Waals surface area contributed by atoms with E-state index in [1.165, 1.54) is 35.2 Å². The van der Waals surface area contributed by atoms with Gasteiger partial charge >= 0.3 is 5.63 Å². The maximum atomic E-state index is 13.5. The number of carbonyl (C=O) groups is 2. The number of halogens is 1. The van der Waals surface area contributed by atoms with Crippen LogP contribution in [0.2, 0.25) is 0 Å². The number of rotatable bonds is 12. The Morgan fingerprint density at radius 2 is 1.75 bits per heavy atom. The van der Waals surface area contributed by atoms with Crippen molar-refractivity contribution < 1.29 is 35.8 Å². The van der Waals surface area contributed by atoms with Crippen molar-refractivity contribution in [3.63, 3.8) is 0 Å². The molecule has 0 spiro atoms. The molecule has 2 aromatic heterocycles. The number of nitrogens with zero attached hydrogens (tertiary/aromatic N) is 1. The van der Waals surface area contributed by atoms with Crippen LogP contribution in [0.4, 0.5) is 4.39 Å². The number of amides is 2. The SMILES string of the molecule is C=C\C=C/C=C(\C=C/C)C(=O)NCCN(CCS(=O)(=O)O)C(=O)c1ccc2cc(-c3cc4ccc(F)cc4oc3=O)oc2c1. The van der Waals surface area contributed by atoms with Gasteiger partial charge in [0.2, 0.25) is 0 Å². The third-order valence-electron chi connectivity index (χ3n) is 6.44. The maximum Gasteiger partial charge on any atom is 0.347 e. The van der Waals surface area contributed by atoms with Gasteiger partial charge in [0.1, 0.15) is 28.3 Å². The molecule has 4 rings (SSSR count). The van der Waals surface area contributed by atoms with Gasteiger partial charge in [0, 0.05) is 47.6 Å². The lowest BCUT2D eigenvalue weighted by atomic mass is 10.1. The molecule has 2 aromatic carbocycles.